The average Bonchev–Trinajstić information content (AvgIpc) is 2.57. The minimum Gasteiger partial charge on any atom is -0.369 e. The van der Waals surface area contributed by atoms with Crippen molar-refractivity contribution in [2.45, 2.75) is 18.7 Å². The Hall–Kier alpha value is -1.92. The minimum atomic E-state index is -3.66. The second-order valence-corrected chi connectivity index (χ2v) is 7.99. The van der Waals surface area contributed by atoms with Crippen molar-refractivity contribution in [3.8, 4) is 0 Å². The molecule has 0 N–H and O–H groups in total. The van der Waals surface area contributed by atoms with Crippen LogP contribution < -0.4 is 4.90 Å². The van der Waals surface area contributed by atoms with Crippen LogP contribution in [-0.4, -0.2) is 38.9 Å². The van der Waals surface area contributed by atoms with Crippen molar-refractivity contribution in [2.24, 2.45) is 0 Å². The molecule has 2 aromatic rings. The van der Waals surface area contributed by atoms with E-state index >= 15 is 0 Å². The zero-order valence-electron chi connectivity index (χ0n) is 13.9. The normalized spacial score (nSPS) is 16.4. The lowest BCUT2D eigenvalue weighted by Crippen LogP contribution is -2.49. The topological polar surface area (TPSA) is 40.6 Å². The Morgan fingerprint density at radius 2 is 1.58 bits per heavy atom. The predicted molar refractivity (Wildman–Crippen MR) is 93.3 cm³/mol. The van der Waals surface area contributed by atoms with Gasteiger partial charge in [-0.25, -0.2) is 12.8 Å². The maximum absolute atomic E-state index is 13.5. The number of aryl methyl sites for hydroxylation is 2. The van der Waals surface area contributed by atoms with Crippen molar-refractivity contribution in [3.05, 3.63) is 59.4 Å². The number of hydrogen-bond donors (Lipinski definition) is 0. The van der Waals surface area contributed by atoms with Gasteiger partial charge in [-0.15, -0.1) is 0 Å². The Labute approximate surface area is 142 Å². The number of para-hydroxylation sites is 1. The molecule has 0 bridgehead atoms. The van der Waals surface area contributed by atoms with Gasteiger partial charge in [0.2, 0.25) is 10.0 Å². The molecule has 0 atom stereocenters. The molecule has 1 aliphatic heterocycles. The summed E-state index contributed by atoms with van der Waals surface area (Å²) in [5.74, 6) is -0.530. The van der Waals surface area contributed by atoms with E-state index < -0.39 is 15.8 Å². The van der Waals surface area contributed by atoms with Gasteiger partial charge >= 0.3 is 0 Å². The summed E-state index contributed by atoms with van der Waals surface area (Å²) in [5, 5.41) is 0. The van der Waals surface area contributed by atoms with Gasteiger partial charge in [-0.2, -0.15) is 4.31 Å². The second kappa shape index (κ2) is 6.53. The first-order valence-electron chi connectivity index (χ1n) is 7.96. The molecule has 24 heavy (non-hydrogen) atoms. The van der Waals surface area contributed by atoms with E-state index in [0.29, 0.717) is 31.7 Å². The Bertz CT molecular complexity index is 844. The molecule has 1 heterocycles. The molecule has 0 unspecified atom stereocenters. The third-order valence-electron chi connectivity index (χ3n) is 4.46. The summed E-state index contributed by atoms with van der Waals surface area (Å²) >= 11 is 0. The van der Waals surface area contributed by atoms with Gasteiger partial charge in [-0.1, -0.05) is 24.3 Å². The molecular weight excluding hydrogens is 327 g/mol. The van der Waals surface area contributed by atoms with Gasteiger partial charge in [-0.05, 0) is 43.2 Å². The van der Waals surface area contributed by atoms with E-state index in [0.717, 1.165) is 11.8 Å². The first-order valence-corrected chi connectivity index (χ1v) is 9.40. The maximum Gasteiger partial charge on any atom is 0.243 e. The molecule has 0 aromatic heterocycles. The Morgan fingerprint density at radius 1 is 0.917 bits per heavy atom. The van der Waals surface area contributed by atoms with Gasteiger partial charge in [0.15, 0.2) is 0 Å². The largest absolute Gasteiger partial charge is 0.369 e. The molecule has 1 aliphatic rings. The minimum absolute atomic E-state index is 0.0619. The molecule has 1 saturated heterocycles. The number of piperazine rings is 1. The highest BCUT2D eigenvalue weighted by molar-refractivity contribution is 7.89. The Morgan fingerprint density at radius 3 is 2.25 bits per heavy atom. The molecule has 0 spiro atoms. The molecule has 0 aliphatic carbocycles. The van der Waals surface area contributed by atoms with Crippen LogP contribution in [0.15, 0.2) is 47.4 Å². The fourth-order valence-electron chi connectivity index (χ4n) is 3.08. The molecule has 0 saturated carbocycles. The first-order chi connectivity index (χ1) is 11.4. The predicted octanol–water partition coefficient (Wildman–Crippen LogP) is 2.95. The zero-order chi connectivity index (χ0) is 17.3. The summed E-state index contributed by atoms with van der Waals surface area (Å²) in [6, 6.07) is 12.0. The smallest absolute Gasteiger partial charge is 0.243 e. The molecule has 0 radical (unpaired) electrons. The van der Waals surface area contributed by atoms with Gasteiger partial charge in [-0.3, -0.25) is 0 Å². The van der Waals surface area contributed by atoms with E-state index in [4.69, 9.17) is 0 Å². The lowest BCUT2D eigenvalue weighted by molar-refractivity contribution is 0.384. The van der Waals surface area contributed by atoms with Gasteiger partial charge in [0.1, 0.15) is 5.82 Å². The Kier molecular flexibility index (Phi) is 4.60. The summed E-state index contributed by atoms with van der Waals surface area (Å²) in [4.78, 5) is 2.26. The fraction of sp³-hybridized carbons (Fsp3) is 0.333. The van der Waals surface area contributed by atoms with Crippen LogP contribution >= 0.6 is 0 Å². The highest BCUT2D eigenvalue weighted by atomic mass is 32.2. The molecule has 4 nitrogen and oxygen atoms in total. The van der Waals surface area contributed by atoms with Gasteiger partial charge < -0.3 is 4.90 Å². The van der Waals surface area contributed by atoms with Crippen LogP contribution in [0.5, 0.6) is 0 Å². The van der Waals surface area contributed by atoms with Crippen molar-refractivity contribution in [3.63, 3.8) is 0 Å². The number of hydrogen-bond acceptors (Lipinski definition) is 3. The molecule has 128 valence electrons. The lowest BCUT2D eigenvalue weighted by atomic mass is 10.1. The lowest BCUT2D eigenvalue weighted by Gasteiger charge is -2.36. The summed E-state index contributed by atoms with van der Waals surface area (Å²) in [6.07, 6.45) is 0. The van der Waals surface area contributed by atoms with Crippen molar-refractivity contribution in [1.82, 2.24) is 4.31 Å². The molecular formula is C18H21FN2O2S. The SMILES string of the molecule is Cc1ccccc1N1CCN(S(=O)(=O)c2cc(F)ccc2C)CC1. The summed E-state index contributed by atoms with van der Waals surface area (Å²) < 4.78 is 40.6. The summed E-state index contributed by atoms with van der Waals surface area (Å²) in [6.45, 7) is 5.78. The second-order valence-electron chi connectivity index (χ2n) is 6.09. The molecule has 6 heteroatoms. The van der Waals surface area contributed by atoms with E-state index in [1.165, 1.54) is 22.0 Å². The molecule has 1 fully saturated rings. The number of benzene rings is 2. The van der Waals surface area contributed by atoms with E-state index in [1.54, 1.807) is 6.92 Å². The summed E-state index contributed by atoms with van der Waals surface area (Å²) in [7, 11) is -3.66. The van der Waals surface area contributed by atoms with Crippen LogP contribution in [0.4, 0.5) is 10.1 Å². The van der Waals surface area contributed by atoms with Crippen LogP contribution in [0.3, 0.4) is 0 Å². The van der Waals surface area contributed by atoms with Crippen molar-refractivity contribution < 1.29 is 12.8 Å². The van der Waals surface area contributed by atoms with Crippen molar-refractivity contribution in [1.29, 1.82) is 0 Å². The van der Waals surface area contributed by atoms with Crippen LogP contribution in [0.25, 0.3) is 0 Å². The van der Waals surface area contributed by atoms with Crippen molar-refractivity contribution in [2.75, 3.05) is 31.1 Å². The van der Waals surface area contributed by atoms with Gasteiger partial charge in [0.25, 0.3) is 0 Å². The third-order valence-corrected chi connectivity index (χ3v) is 6.50. The highest BCUT2D eigenvalue weighted by Gasteiger charge is 2.30. The zero-order valence-corrected chi connectivity index (χ0v) is 14.7. The molecule has 0 amide bonds. The highest BCUT2D eigenvalue weighted by Crippen LogP contribution is 2.25. The molecule has 2 aromatic carbocycles. The maximum atomic E-state index is 13.5. The van der Waals surface area contributed by atoms with Gasteiger partial charge in [0, 0.05) is 31.9 Å². The van der Waals surface area contributed by atoms with E-state index in [2.05, 4.69) is 24.0 Å². The average molecular weight is 348 g/mol. The standard InChI is InChI=1S/C18H21FN2O2S/c1-14-5-3-4-6-17(14)20-9-11-21(12-10-20)24(22,23)18-13-16(19)8-7-15(18)2/h3-8,13H,9-12H2,1-2H3. The van der Waals surface area contributed by atoms with Gasteiger partial charge in [0.05, 0.1) is 4.90 Å². The van der Waals surface area contributed by atoms with E-state index in [9.17, 15) is 12.8 Å². The monoisotopic (exact) mass is 348 g/mol. The first kappa shape index (κ1) is 16.9. The quantitative estimate of drug-likeness (QED) is 0.856. The van der Waals surface area contributed by atoms with Crippen molar-refractivity contribution >= 4 is 15.7 Å². The van der Waals surface area contributed by atoms with Crippen LogP contribution in [0.1, 0.15) is 11.1 Å². The van der Waals surface area contributed by atoms with Crippen LogP contribution in [0, 0.1) is 19.7 Å². The fourth-order valence-corrected chi connectivity index (χ4v) is 4.74. The van der Waals surface area contributed by atoms with E-state index in [-0.39, 0.29) is 4.90 Å². The Balaban J connectivity index is 1.79. The number of rotatable bonds is 3. The number of halogens is 1. The van der Waals surface area contributed by atoms with Crippen LogP contribution in [0.2, 0.25) is 0 Å². The molecule has 3 rings (SSSR count). The number of sulfonamides is 1. The van der Waals surface area contributed by atoms with Crippen LogP contribution in [-0.2, 0) is 10.0 Å². The third kappa shape index (κ3) is 3.16. The number of nitrogens with zero attached hydrogens (tertiary/aromatic N) is 2. The summed E-state index contributed by atoms with van der Waals surface area (Å²) in [5.41, 5.74) is 2.88. The van der Waals surface area contributed by atoms with E-state index in [1.807, 2.05) is 12.1 Å². The number of anilines is 1.